The lowest BCUT2D eigenvalue weighted by Crippen LogP contribution is -1.95. The average molecular weight is 165 g/mol. The van der Waals surface area contributed by atoms with Crippen LogP contribution in [0.5, 0.6) is 0 Å². The Kier molecular flexibility index (Phi) is 2.05. The maximum atomic E-state index is 10.2. The van der Waals surface area contributed by atoms with E-state index in [4.69, 9.17) is 11.1 Å². The van der Waals surface area contributed by atoms with Crippen LogP contribution in [-0.4, -0.2) is 11.1 Å². The first-order chi connectivity index (χ1) is 5.65. The van der Waals surface area contributed by atoms with E-state index in [1.54, 1.807) is 0 Å². The van der Waals surface area contributed by atoms with E-state index in [2.05, 4.69) is 0 Å². The number of nitro groups is 1. The van der Waals surface area contributed by atoms with E-state index in [1.165, 1.54) is 18.2 Å². The lowest BCUT2D eigenvalue weighted by molar-refractivity contribution is -0.384. The second-order valence-electron chi connectivity index (χ2n) is 2.21. The van der Waals surface area contributed by atoms with Crippen LogP contribution in [0.2, 0.25) is 0 Å². The Hall–Kier alpha value is -1.91. The van der Waals surface area contributed by atoms with E-state index in [9.17, 15) is 10.1 Å². The molecule has 0 heterocycles. The molecule has 0 unspecified atom stereocenters. The van der Waals surface area contributed by atoms with Gasteiger partial charge in [-0.1, -0.05) is 0 Å². The fourth-order valence-electron chi connectivity index (χ4n) is 0.807. The third-order valence-electron chi connectivity index (χ3n) is 1.44. The Morgan fingerprint density at radius 2 is 2.25 bits per heavy atom. The van der Waals surface area contributed by atoms with Crippen LogP contribution in [0.1, 0.15) is 5.56 Å². The molecule has 1 rings (SSSR count). The van der Waals surface area contributed by atoms with Crippen LogP contribution < -0.4 is 5.73 Å². The summed E-state index contributed by atoms with van der Waals surface area (Å²) in [6, 6.07) is 4.00. The number of hydrogen-bond acceptors (Lipinski definition) is 4. The van der Waals surface area contributed by atoms with Gasteiger partial charge >= 0.3 is 0 Å². The van der Waals surface area contributed by atoms with E-state index in [1.807, 2.05) is 0 Å². The molecular formula is C7H7N3O2. The second kappa shape index (κ2) is 3.00. The number of anilines is 1. The largest absolute Gasteiger partial charge is 0.398 e. The predicted octanol–water partition coefficient (Wildman–Crippen LogP) is 1.17. The maximum absolute atomic E-state index is 10.2. The predicted molar refractivity (Wildman–Crippen MR) is 45.4 cm³/mol. The quantitative estimate of drug-likeness (QED) is 0.298. The first kappa shape index (κ1) is 8.19. The molecule has 0 aliphatic rings. The summed E-state index contributed by atoms with van der Waals surface area (Å²) in [4.78, 5) is 9.72. The van der Waals surface area contributed by atoms with Gasteiger partial charge in [-0.25, -0.2) is 0 Å². The number of benzene rings is 1. The molecule has 0 amide bonds. The van der Waals surface area contributed by atoms with Crippen LogP contribution in [0, 0.1) is 15.5 Å². The summed E-state index contributed by atoms with van der Waals surface area (Å²) in [6.45, 7) is 0. The molecule has 62 valence electrons. The number of rotatable bonds is 2. The monoisotopic (exact) mass is 165 g/mol. The van der Waals surface area contributed by atoms with Crippen molar-refractivity contribution in [2.45, 2.75) is 0 Å². The first-order valence-electron chi connectivity index (χ1n) is 3.19. The van der Waals surface area contributed by atoms with Gasteiger partial charge in [0.05, 0.1) is 4.92 Å². The standard InChI is InChI=1S/C7H7N3O2/c8-4-5-1-2-6(10(11)12)3-7(5)9/h1-4,8H,9H2. The topological polar surface area (TPSA) is 93.0 Å². The summed E-state index contributed by atoms with van der Waals surface area (Å²) < 4.78 is 0. The van der Waals surface area contributed by atoms with Crippen molar-refractivity contribution >= 4 is 17.6 Å². The van der Waals surface area contributed by atoms with Crippen molar-refractivity contribution < 1.29 is 4.92 Å². The van der Waals surface area contributed by atoms with Crippen molar-refractivity contribution in [1.82, 2.24) is 0 Å². The second-order valence-corrected chi connectivity index (χ2v) is 2.21. The lowest BCUT2D eigenvalue weighted by atomic mass is 10.2. The van der Waals surface area contributed by atoms with E-state index in [0.29, 0.717) is 5.56 Å². The Bertz CT molecular complexity index is 335. The number of nitro benzene ring substituents is 1. The Morgan fingerprint density at radius 1 is 1.58 bits per heavy atom. The minimum absolute atomic E-state index is 0.0573. The summed E-state index contributed by atoms with van der Waals surface area (Å²) in [5, 5.41) is 17.1. The van der Waals surface area contributed by atoms with E-state index in [-0.39, 0.29) is 11.4 Å². The number of nitrogens with one attached hydrogen (secondary N) is 1. The van der Waals surface area contributed by atoms with Crippen LogP contribution in [0.25, 0.3) is 0 Å². The summed E-state index contributed by atoms with van der Waals surface area (Å²) in [5.41, 5.74) is 6.09. The molecule has 0 saturated heterocycles. The van der Waals surface area contributed by atoms with Crippen LogP contribution in [0.4, 0.5) is 11.4 Å². The summed E-state index contributed by atoms with van der Waals surface area (Å²) in [7, 11) is 0. The molecule has 0 bridgehead atoms. The molecule has 0 aromatic heterocycles. The first-order valence-corrected chi connectivity index (χ1v) is 3.19. The van der Waals surface area contributed by atoms with E-state index < -0.39 is 4.92 Å². The van der Waals surface area contributed by atoms with Gasteiger partial charge in [0.2, 0.25) is 0 Å². The molecule has 5 heteroatoms. The van der Waals surface area contributed by atoms with Crippen molar-refractivity contribution in [2.75, 3.05) is 5.73 Å². The van der Waals surface area contributed by atoms with Crippen LogP contribution >= 0.6 is 0 Å². The van der Waals surface area contributed by atoms with Gasteiger partial charge in [0.25, 0.3) is 5.69 Å². The molecule has 0 radical (unpaired) electrons. The maximum Gasteiger partial charge on any atom is 0.271 e. The number of nitrogen functional groups attached to an aromatic ring is 1. The third kappa shape index (κ3) is 1.39. The highest BCUT2D eigenvalue weighted by Gasteiger charge is 2.06. The van der Waals surface area contributed by atoms with Gasteiger partial charge in [-0.15, -0.1) is 0 Å². The van der Waals surface area contributed by atoms with Gasteiger partial charge < -0.3 is 11.1 Å². The van der Waals surface area contributed by atoms with Crippen molar-refractivity contribution in [3.05, 3.63) is 33.9 Å². The number of nitrogens with zero attached hydrogens (tertiary/aromatic N) is 1. The highest BCUT2D eigenvalue weighted by Crippen LogP contribution is 2.17. The van der Waals surface area contributed by atoms with Gasteiger partial charge in [-0.3, -0.25) is 10.1 Å². The minimum Gasteiger partial charge on any atom is -0.398 e. The Morgan fingerprint density at radius 3 is 2.67 bits per heavy atom. The zero-order valence-corrected chi connectivity index (χ0v) is 6.15. The fraction of sp³-hybridized carbons (Fsp3) is 0. The number of hydrogen-bond donors (Lipinski definition) is 2. The Labute approximate surface area is 68.5 Å². The molecular weight excluding hydrogens is 158 g/mol. The molecule has 1 aromatic rings. The smallest absolute Gasteiger partial charge is 0.271 e. The summed E-state index contributed by atoms with van der Waals surface area (Å²) >= 11 is 0. The molecule has 0 saturated carbocycles. The van der Waals surface area contributed by atoms with Gasteiger partial charge in [0.1, 0.15) is 0 Å². The summed E-state index contributed by atoms with van der Waals surface area (Å²) in [5.74, 6) is 0. The third-order valence-corrected chi connectivity index (χ3v) is 1.44. The highest BCUT2D eigenvalue weighted by atomic mass is 16.6. The van der Waals surface area contributed by atoms with Gasteiger partial charge in [-0.05, 0) is 6.07 Å². The lowest BCUT2D eigenvalue weighted by Gasteiger charge is -1.97. The minimum atomic E-state index is -0.524. The number of nitrogens with two attached hydrogens (primary N) is 1. The SMILES string of the molecule is N=Cc1ccc([N+](=O)[O-])cc1N. The molecule has 0 atom stereocenters. The van der Waals surface area contributed by atoms with Crippen molar-refractivity contribution in [3.63, 3.8) is 0 Å². The highest BCUT2D eigenvalue weighted by molar-refractivity contribution is 5.85. The van der Waals surface area contributed by atoms with E-state index in [0.717, 1.165) is 6.21 Å². The van der Waals surface area contributed by atoms with Gasteiger partial charge in [0, 0.05) is 29.6 Å². The zero-order chi connectivity index (χ0) is 9.14. The van der Waals surface area contributed by atoms with E-state index >= 15 is 0 Å². The van der Waals surface area contributed by atoms with Crippen molar-refractivity contribution in [1.29, 1.82) is 5.41 Å². The van der Waals surface area contributed by atoms with Gasteiger partial charge in [-0.2, -0.15) is 0 Å². The molecule has 5 nitrogen and oxygen atoms in total. The molecule has 0 aliphatic carbocycles. The van der Waals surface area contributed by atoms with Crippen LogP contribution in [0.15, 0.2) is 18.2 Å². The van der Waals surface area contributed by atoms with Crippen LogP contribution in [-0.2, 0) is 0 Å². The van der Waals surface area contributed by atoms with Crippen molar-refractivity contribution in [2.24, 2.45) is 0 Å². The number of non-ortho nitro benzene ring substituents is 1. The molecule has 3 N–H and O–H groups in total. The van der Waals surface area contributed by atoms with Gasteiger partial charge in [0.15, 0.2) is 0 Å². The fourth-order valence-corrected chi connectivity index (χ4v) is 0.807. The van der Waals surface area contributed by atoms with Crippen molar-refractivity contribution in [3.8, 4) is 0 Å². The normalized spacial score (nSPS) is 9.33. The molecule has 0 fully saturated rings. The molecule has 0 spiro atoms. The average Bonchev–Trinajstić information content (AvgIpc) is 2.04. The molecule has 0 aliphatic heterocycles. The molecule has 12 heavy (non-hydrogen) atoms. The zero-order valence-electron chi connectivity index (χ0n) is 6.15. The molecule has 1 aromatic carbocycles. The Balaban J connectivity index is 3.18. The summed E-state index contributed by atoms with van der Waals surface area (Å²) in [6.07, 6.45) is 1.05. The van der Waals surface area contributed by atoms with Crippen LogP contribution in [0.3, 0.4) is 0 Å².